The van der Waals surface area contributed by atoms with Crippen LogP contribution in [0.25, 0.3) is 0 Å². The predicted molar refractivity (Wildman–Crippen MR) is 90.4 cm³/mol. The summed E-state index contributed by atoms with van der Waals surface area (Å²) < 4.78 is 0. The van der Waals surface area contributed by atoms with Crippen molar-refractivity contribution in [3.63, 3.8) is 0 Å². The second kappa shape index (κ2) is 7.32. The average molecular weight is 306 g/mol. The third-order valence-electron chi connectivity index (χ3n) is 4.10. The van der Waals surface area contributed by atoms with E-state index in [2.05, 4.69) is 50.5 Å². The van der Waals surface area contributed by atoms with Gasteiger partial charge in [0.05, 0.1) is 6.04 Å². The first-order valence-electron chi connectivity index (χ1n) is 7.69. The quantitative estimate of drug-likeness (QED) is 0.876. The molecule has 116 valence electrons. The number of hydrogen-bond donors (Lipinski definition) is 1. The summed E-state index contributed by atoms with van der Waals surface area (Å²) in [6.45, 7) is 7.23. The Bertz CT molecular complexity index is 491. The number of carbonyl (C=O) groups is 1. The normalized spacial score (nSPS) is 23.6. The Balaban J connectivity index is 2.24. The Labute approximate surface area is 132 Å². The Hall–Kier alpha value is -1.00. The van der Waals surface area contributed by atoms with Crippen LogP contribution in [0.15, 0.2) is 24.3 Å². The summed E-state index contributed by atoms with van der Waals surface area (Å²) in [4.78, 5) is 14.7. The lowest BCUT2D eigenvalue weighted by molar-refractivity contribution is -0.130. The van der Waals surface area contributed by atoms with Crippen molar-refractivity contribution in [1.29, 1.82) is 0 Å². The minimum atomic E-state index is -0.0453. The molecule has 21 heavy (non-hydrogen) atoms. The van der Waals surface area contributed by atoms with Crippen LogP contribution in [0.3, 0.4) is 0 Å². The molecule has 1 aliphatic rings. The van der Waals surface area contributed by atoms with Crippen molar-refractivity contribution < 1.29 is 4.79 Å². The molecule has 3 unspecified atom stereocenters. The molecule has 1 amide bonds. The van der Waals surface area contributed by atoms with Crippen LogP contribution in [-0.4, -0.2) is 35.4 Å². The van der Waals surface area contributed by atoms with Gasteiger partial charge in [-0.2, -0.15) is 11.8 Å². The van der Waals surface area contributed by atoms with E-state index in [1.54, 1.807) is 0 Å². The van der Waals surface area contributed by atoms with Crippen LogP contribution in [0.1, 0.15) is 37.6 Å². The van der Waals surface area contributed by atoms with Gasteiger partial charge in [0.1, 0.15) is 6.17 Å². The molecule has 3 nitrogen and oxygen atoms in total. The van der Waals surface area contributed by atoms with Crippen molar-refractivity contribution in [2.24, 2.45) is 5.92 Å². The summed E-state index contributed by atoms with van der Waals surface area (Å²) >= 11 is 1.84. The molecule has 1 heterocycles. The molecule has 1 aromatic rings. The summed E-state index contributed by atoms with van der Waals surface area (Å²) in [6, 6.07) is 8.30. The molecular weight excluding hydrogens is 280 g/mol. The predicted octanol–water partition coefficient (Wildman–Crippen LogP) is 3.20. The summed E-state index contributed by atoms with van der Waals surface area (Å²) in [5, 5.41) is 3.51. The zero-order valence-electron chi connectivity index (χ0n) is 13.4. The second-order valence-corrected chi connectivity index (χ2v) is 6.85. The van der Waals surface area contributed by atoms with E-state index in [9.17, 15) is 4.79 Å². The van der Waals surface area contributed by atoms with E-state index >= 15 is 0 Å². The molecule has 4 heteroatoms. The van der Waals surface area contributed by atoms with Gasteiger partial charge in [-0.25, -0.2) is 0 Å². The van der Waals surface area contributed by atoms with Crippen LogP contribution in [0.5, 0.6) is 0 Å². The first kappa shape index (κ1) is 16.4. The fourth-order valence-electron chi connectivity index (χ4n) is 2.99. The molecular formula is C17H26N2OS. The van der Waals surface area contributed by atoms with Gasteiger partial charge in [0, 0.05) is 6.54 Å². The minimum Gasteiger partial charge on any atom is -0.321 e. The van der Waals surface area contributed by atoms with Crippen molar-refractivity contribution in [1.82, 2.24) is 10.2 Å². The molecule has 1 aromatic carbocycles. The first-order chi connectivity index (χ1) is 10.1. The van der Waals surface area contributed by atoms with Crippen molar-refractivity contribution in [3.05, 3.63) is 35.4 Å². The van der Waals surface area contributed by atoms with Gasteiger partial charge in [-0.3, -0.25) is 10.1 Å². The lowest BCUT2D eigenvalue weighted by Gasteiger charge is -2.28. The zero-order valence-corrected chi connectivity index (χ0v) is 14.2. The number of carbonyl (C=O) groups excluding carboxylic acids is 1. The molecule has 1 fully saturated rings. The number of amides is 1. The highest BCUT2D eigenvalue weighted by atomic mass is 32.2. The van der Waals surface area contributed by atoms with Crippen LogP contribution >= 0.6 is 11.8 Å². The van der Waals surface area contributed by atoms with Crippen molar-refractivity contribution in [3.8, 4) is 0 Å². The summed E-state index contributed by atoms with van der Waals surface area (Å²) in [6.07, 6.45) is 2.98. The van der Waals surface area contributed by atoms with Gasteiger partial charge in [-0.15, -0.1) is 0 Å². The lowest BCUT2D eigenvalue weighted by Crippen LogP contribution is -2.35. The Morgan fingerprint density at radius 3 is 2.71 bits per heavy atom. The van der Waals surface area contributed by atoms with Crippen LogP contribution in [-0.2, 0) is 4.79 Å². The van der Waals surface area contributed by atoms with Gasteiger partial charge >= 0.3 is 0 Å². The molecule has 1 N–H and O–H groups in total. The van der Waals surface area contributed by atoms with E-state index in [0.29, 0.717) is 5.92 Å². The largest absolute Gasteiger partial charge is 0.321 e. The Morgan fingerprint density at radius 2 is 2.10 bits per heavy atom. The van der Waals surface area contributed by atoms with Crippen molar-refractivity contribution in [2.45, 2.75) is 39.4 Å². The molecule has 0 bridgehead atoms. The molecule has 2 rings (SSSR count). The monoisotopic (exact) mass is 306 g/mol. The molecule has 1 aliphatic heterocycles. The highest BCUT2D eigenvalue weighted by Gasteiger charge is 2.39. The molecule has 0 radical (unpaired) electrons. The standard InChI is InChI=1S/C17H26N2OS/c1-5-15-17(20)19(10-12(2)11-21-4)16(18-15)14-9-7-6-8-13(14)3/h6-9,12,15-16,18H,5,10-11H2,1-4H3. The Kier molecular flexibility index (Phi) is 5.71. The molecule has 0 aromatic heterocycles. The van der Waals surface area contributed by atoms with E-state index in [1.165, 1.54) is 11.1 Å². The van der Waals surface area contributed by atoms with Crippen molar-refractivity contribution >= 4 is 17.7 Å². The fraction of sp³-hybridized carbons (Fsp3) is 0.588. The van der Waals surface area contributed by atoms with Gasteiger partial charge in [0.15, 0.2) is 0 Å². The van der Waals surface area contributed by atoms with Crippen LogP contribution in [0.2, 0.25) is 0 Å². The zero-order chi connectivity index (χ0) is 15.4. The number of hydrogen-bond acceptors (Lipinski definition) is 3. The average Bonchev–Trinajstić information content (AvgIpc) is 2.77. The summed E-state index contributed by atoms with van der Waals surface area (Å²) in [5.74, 6) is 1.84. The number of thioether (sulfide) groups is 1. The van der Waals surface area contributed by atoms with E-state index in [-0.39, 0.29) is 18.1 Å². The smallest absolute Gasteiger partial charge is 0.241 e. The maximum atomic E-state index is 12.6. The number of benzene rings is 1. The maximum absolute atomic E-state index is 12.6. The number of nitrogens with zero attached hydrogens (tertiary/aromatic N) is 1. The van der Waals surface area contributed by atoms with Gasteiger partial charge < -0.3 is 4.90 Å². The summed E-state index contributed by atoms with van der Waals surface area (Å²) in [7, 11) is 0. The fourth-order valence-corrected chi connectivity index (χ4v) is 3.67. The molecule has 0 saturated carbocycles. The third kappa shape index (κ3) is 3.61. The number of rotatable bonds is 6. The number of aryl methyl sites for hydroxylation is 1. The highest BCUT2D eigenvalue weighted by molar-refractivity contribution is 7.98. The van der Waals surface area contributed by atoms with Crippen LogP contribution in [0.4, 0.5) is 0 Å². The van der Waals surface area contributed by atoms with E-state index < -0.39 is 0 Å². The molecule has 3 atom stereocenters. The van der Waals surface area contributed by atoms with Gasteiger partial charge in [0.2, 0.25) is 5.91 Å². The van der Waals surface area contributed by atoms with Crippen LogP contribution < -0.4 is 5.32 Å². The summed E-state index contributed by atoms with van der Waals surface area (Å²) in [5.41, 5.74) is 2.46. The van der Waals surface area contributed by atoms with Crippen LogP contribution in [0, 0.1) is 12.8 Å². The van der Waals surface area contributed by atoms with Gasteiger partial charge in [-0.05, 0) is 42.4 Å². The van der Waals surface area contributed by atoms with E-state index in [4.69, 9.17) is 0 Å². The topological polar surface area (TPSA) is 32.3 Å². The van der Waals surface area contributed by atoms with E-state index in [1.807, 2.05) is 22.7 Å². The minimum absolute atomic E-state index is 0.0213. The lowest BCUT2D eigenvalue weighted by atomic mass is 10.1. The van der Waals surface area contributed by atoms with Gasteiger partial charge in [-0.1, -0.05) is 38.1 Å². The highest BCUT2D eigenvalue weighted by Crippen LogP contribution is 2.29. The number of nitrogens with one attached hydrogen (secondary N) is 1. The molecule has 1 saturated heterocycles. The Morgan fingerprint density at radius 1 is 1.38 bits per heavy atom. The van der Waals surface area contributed by atoms with Gasteiger partial charge in [0.25, 0.3) is 0 Å². The second-order valence-electron chi connectivity index (χ2n) is 5.94. The van der Waals surface area contributed by atoms with E-state index in [0.717, 1.165) is 18.7 Å². The third-order valence-corrected chi connectivity index (χ3v) is 5.01. The van der Waals surface area contributed by atoms with Crippen molar-refractivity contribution in [2.75, 3.05) is 18.6 Å². The SMILES string of the molecule is CCC1NC(c2ccccc2C)N(CC(C)CSC)C1=O. The molecule has 0 aliphatic carbocycles. The first-order valence-corrected chi connectivity index (χ1v) is 9.08. The molecule has 0 spiro atoms. The maximum Gasteiger partial charge on any atom is 0.241 e.